The van der Waals surface area contributed by atoms with Crippen LogP contribution in [0.3, 0.4) is 0 Å². The summed E-state index contributed by atoms with van der Waals surface area (Å²) in [4.78, 5) is 24.6. The Bertz CT molecular complexity index is 446. The molecule has 0 aliphatic carbocycles. The van der Waals surface area contributed by atoms with Crippen molar-refractivity contribution in [3.8, 4) is 0 Å². The minimum Gasteiger partial charge on any atom is -0.469 e. The quantitative estimate of drug-likeness (QED) is 0.730. The topological polar surface area (TPSA) is 97.6 Å². The van der Waals surface area contributed by atoms with E-state index in [-0.39, 0.29) is 30.4 Å². The van der Waals surface area contributed by atoms with E-state index in [1.165, 1.54) is 7.11 Å². The summed E-state index contributed by atoms with van der Waals surface area (Å²) in [6.07, 6.45) is 0. The number of methoxy groups -OCH3 is 1. The molecule has 0 fully saturated rings. The number of amides is 1. The number of nitrogens with zero attached hydrogens (tertiary/aromatic N) is 3. The smallest absolute Gasteiger partial charge is 0.322 e. The van der Waals surface area contributed by atoms with Gasteiger partial charge in [0.25, 0.3) is 0 Å². The van der Waals surface area contributed by atoms with Crippen LogP contribution < -0.4 is 5.32 Å². The lowest BCUT2D eigenvalue weighted by Gasteiger charge is -2.18. The second kappa shape index (κ2) is 6.83. The van der Waals surface area contributed by atoms with Gasteiger partial charge in [-0.25, -0.2) is 0 Å². The van der Waals surface area contributed by atoms with Crippen LogP contribution >= 0.6 is 0 Å². The first-order chi connectivity index (χ1) is 8.92. The van der Waals surface area contributed by atoms with E-state index in [1.807, 2.05) is 0 Å². The Morgan fingerprint density at radius 3 is 2.68 bits per heavy atom. The Morgan fingerprint density at radius 2 is 2.16 bits per heavy atom. The van der Waals surface area contributed by atoms with E-state index in [9.17, 15) is 9.59 Å². The molecule has 106 valence electrons. The number of esters is 1. The molecule has 8 nitrogen and oxygen atoms in total. The second-order valence-electron chi connectivity index (χ2n) is 4.30. The molecule has 1 rings (SSSR count). The van der Waals surface area contributed by atoms with Crippen molar-refractivity contribution in [2.24, 2.45) is 5.92 Å². The van der Waals surface area contributed by atoms with Gasteiger partial charge in [0.2, 0.25) is 11.8 Å². The highest BCUT2D eigenvalue weighted by atomic mass is 16.5. The molecule has 1 amide bonds. The molecule has 19 heavy (non-hydrogen) atoms. The van der Waals surface area contributed by atoms with Gasteiger partial charge < -0.3 is 9.15 Å². The van der Waals surface area contributed by atoms with Gasteiger partial charge in [0.05, 0.1) is 19.6 Å². The summed E-state index contributed by atoms with van der Waals surface area (Å²) in [5, 5.41) is 9.72. The molecule has 0 aliphatic rings. The van der Waals surface area contributed by atoms with Crippen molar-refractivity contribution in [2.75, 3.05) is 32.6 Å². The summed E-state index contributed by atoms with van der Waals surface area (Å²) in [5.41, 5.74) is 0. The van der Waals surface area contributed by atoms with E-state index in [4.69, 9.17) is 4.42 Å². The first kappa shape index (κ1) is 15.1. The van der Waals surface area contributed by atoms with Crippen molar-refractivity contribution in [1.29, 1.82) is 0 Å². The van der Waals surface area contributed by atoms with Crippen LogP contribution in [0, 0.1) is 12.8 Å². The average Bonchev–Trinajstić information content (AvgIpc) is 2.72. The monoisotopic (exact) mass is 270 g/mol. The number of hydrogen-bond donors (Lipinski definition) is 1. The van der Waals surface area contributed by atoms with E-state index in [1.54, 1.807) is 25.8 Å². The van der Waals surface area contributed by atoms with Crippen LogP contribution in [0.2, 0.25) is 0 Å². The number of rotatable bonds is 6. The zero-order valence-electron chi connectivity index (χ0n) is 11.5. The van der Waals surface area contributed by atoms with Gasteiger partial charge in [0.15, 0.2) is 0 Å². The van der Waals surface area contributed by atoms with Crippen LogP contribution in [0.5, 0.6) is 0 Å². The van der Waals surface area contributed by atoms with Gasteiger partial charge in [-0.2, -0.15) is 0 Å². The fraction of sp³-hybridized carbons (Fsp3) is 0.636. The Hall–Kier alpha value is -1.96. The standard InChI is InChI=1S/C11H18N4O4/c1-7(10(17)18-4)5-15(3)6-9(16)12-11-14-13-8(2)19-11/h7H,5-6H2,1-4H3,(H,12,14,16). The van der Waals surface area contributed by atoms with Crippen LogP contribution in [0.25, 0.3) is 0 Å². The molecule has 8 heteroatoms. The zero-order chi connectivity index (χ0) is 14.4. The fourth-order valence-corrected chi connectivity index (χ4v) is 1.56. The lowest BCUT2D eigenvalue weighted by Crippen LogP contribution is -2.35. The Kier molecular flexibility index (Phi) is 5.43. The molecule has 0 radical (unpaired) electrons. The van der Waals surface area contributed by atoms with Gasteiger partial charge in [0, 0.05) is 13.5 Å². The van der Waals surface area contributed by atoms with Crippen LogP contribution in [0.15, 0.2) is 4.42 Å². The highest BCUT2D eigenvalue weighted by molar-refractivity contribution is 5.90. The van der Waals surface area contributed by atoms with Gasteiger partial charge in [-0.15, -0.1) is 5.10 Å². The van der Waals surface area contributed by atoms with Crippen molar-refractivity contribution < 1.29 is 18.7 Å². The van der Waals surface area contributed by atoms with Crippen LogP contribution in [-0.4, -0.2) is 54.2 Å². The predicted octanol–water partition coefficient (Wildman–Crippen LogP) is 0.0574. The van der Waals surface area contributed by atoms with Crippen molar-refractivity contribution in [3.63, 3.8) is 0 Å². The highest BCUT2D eigenvalue weighted by Gasteiger charge is 2.17. The summed E-state index contributed by atoms with van der Waals surface area (Å²) in [6, 6.07) is 0.0666. The van der Waals surface area contributed by atoms with Crippen LogP contribution in [0.1, 0.15) is 12.8 Å². The number of likely N-dealkylation sites (N-methyl/N-ethyl adjacent to an activating group) is 1. The minimum atomic E-state index is -0.306. The SMILES string of the molecule is COC(=O)C(C)CN(C)CC(=O)Nc1nnc(C)o1. The number of carbonyl (C=O) groups is 2. The van der Waals surface area contributed by atoms with E-state index in [0.29, 0.717) is 12.4 Å². The number of aryl methyl sites for hydroxylation is 1. The molecular weight excluding hydrogens is 252 g/mol. The normalized spacial score (nSPS) is 12.3. The molecule has 1 N–H and O–H groups in total. The first-order valence-electron chi connectivity index (χ1n) is 5.78. The number of anilines is 1. The summed E-state index contributed by atoms with van der Waals surface area (Å²) >= 11 is 0. The van der Waals surface area contributed by atoms with E-state index < -0.39 is 0 Å². The molecule has 0 saturated carbocycles. The predicted molar refractivity (Wildman–Crippen MR) is 66.3 cm³/mol. The Morgan fingerprint density at radius 1 is 1.47 bits per heavy atom. The summed E-state index contributed by atoms with van der Waals surface area (Å²) in [6.45, 7) is 3.90. The summed E-state index contributed by atoms with van der Waals surface area (Å²) in [5.74, 6) is -0.514. The lowest BCUT2D eigenvalue weighted by molar-refractivity contribution is -0.145. The molecule has 0 aliphatic heterocycles. The molecule has 1 unspecified atom stereocenters. The number of hydrogen-bond acceptors (Lipinski definition) is 7. The Balaban J connectivity index is 2.37. The van der Waals surface area contributed by atoms with Crippen molar-refractivity contribution in [2.45, 2.75) is 13.8 Å². The molecule has 0 bridgehead atoms. The van der Waals surface area contributed by atoms with Gasteiger partial charge in [-0.05, 0) is 7.05 Å². The molecule has 1 heterocycles. The van der Waals surface area contributed by atoms with Crippen LogP contribution in [0.4, 0.5) is 6.01 Å². The minimum absolute atomic E-state index is 0.0666. The third kappa shape index (κ3) is 5.04. The number of ether oxygens (including phenoxy) is 1. The number of nitrogens with one attached hydrogen (secondary N) is 1. The summed E-state index contributed by atoms with van der Waals surface area (Å²) < 4.78 is 9.64. The van der Waals surface area contributed by atoms with Crippen molar-refractivity contribution >= 4 is 17.9 Å². The van der Waals surface area contributed by atoms with E-state index >= 15 is 0 Å². The number of carbonyl (C=O) groups excluding carboxylic acids is 2. The first-order valence-corrected chi connectivity index (χ1v) is 5.78. The van der Waals surface area contributed by atoms with Crippen molar-refractivity contribution in [1.82, 2.24) is 15.1 Å². The molecule has 0 spiro atoms. The third-order valence-electron chi connectivity index (χ3n) is 2.37. The van der Waals surface area contributed by atoms with Crippen LogP contribution in [-0.2, 0) is 14.3 Å². The lowest BCUT2D eigenvalue weighted by atomic mass is 10.2. The van der Waals surface area contributed by atoms with Gasteiger partial charge in [0.1, 0.15) is 0 Å². The molecule has 0 aromatic carbocycles. The fourth-order valence-electron chi connectivity index (χ4n) is 1.56. The molecule has 1 aromatic rings. The zero-order valence-corrected chi connectivity index (χ0v) is 11.5. The molecule has 1 aromatic heterocycles. The summed E-state index contributed by atoms with van der Waals surface area (Å²) in [7, 11) is 3.07. The highest BCUT2D eigenvalue weighted by Crippen LogP contribution is 2.04. The second-order valence-corrected chi connectivity index (χ2v) is 4.30. The number of aromatic nitrogens is 2. The third-order valence-corrected chi connectivity index (χ3v) is 2.37. The van der Waals surface area contributed by atoms with Crippen molar-refractivity contribution in [3.05, 3.63) is 5.89 Å². The maximum absolute atomic E-state index is 11.7. The van der Waals surface area contributed by atoms with Gasteiger partial charge >= 0.3 is 12.0 Å². The van der Waals surface area contributed by atoms with E-state index in [0.717, 1.165) is 0 Å². The maximum atomic E-state index is 11.7. The maximum Gasteiger partial charge on any atom is 0.322 e. The average molecular weight is 270 g/mol. The Labute approximate surface area is 111 Å². The molecule has 1 atom stereocenters. The van der Waals surface area contributed by atoms with Gasteiger partial charge in [-0.1, -0.05) is 12.0 Å². The van der Waals surface area contributed by atoms with Gasteiger partial charge in [-0.3, -0.25) is 19.8 Å². The van der Waals surface area contributed by atoms with E-state index in [2.05, 4.69) is 20.3 Å². The largest absolute Gasteiger partial charge is 0.469 e. The molecule has 0 saturated heterocycles. The molecular formula is C11H18N4O4.